The maximum Gasteiger partial charge on any atom is 0.0351 e. The Balaban J connectivity index is 2.37. The molecule has 1 aromatic carbocycles. The zero-order valence-corrected chi connectivity index (χ0v) is 9.34. The van der Waals surface area contributed by atoms with Crippen LogP contribution < -0.4 is 11.1 Å². The number of hydrogen-bond acceptors (Lipinski definition) is 2. The Hall–Kier alpha value is -0.540. The van der Waals surface area contributed by atoms with Gasteiger partial charge in [0, 0.05) is 22.7 Å². The third kappa shape index (κ3) is 4.29. The van der Waals surface area contributed by atoms with Gasteiger partial charge in [0.15, 0.2) is 0 Å². The predicted octanol–water partition coefficient (Wildman–Crippen LogP) is 2.60. The molecule has 0 bridgehead atoms. The molecule has 0 aliphatic rings. The molecule has 1 unspecified atom stereocenters. The summed E-state index contributed by atoms with van der Waals surface area (Å²) in [5, 5.41) is 3.31. The van der Waals surface area contributed by atoms with Crippen LogP contribution >= 0.6 is 15.9 Å². The summed E-state index contributed by atoms with van der Waals surface area (Å²) in [5.41, 5.74) is 6.77. The van der Waals surface area contributed by atoms with E-state index in [1.165, 1.54) is 0 Å². The van der Waals surface area contributed by atoms with Crippen molar-refractivity contribution in [3.8, 4) is 0 Å². The van der Waals surface area contributed by atoms with Gasteiger partial charge in [0.25, 0.3) is 0 Å². The summed E-state index contributed by atoms with van der Waals surface area (Å²) in [5.74, 6) is 0. The van der Waals surface area contributed by atoms with E-state index in [1.807, 2.05) is 25.1 Å². The van der Waals surface area contributed by atoms with Crippen LogP contribution in [0.5, 0.6) is 0 Å². The van der Waals surface area contributed by atoms with E-state index >= 15 is 0 Å². The highest BCUT2D eigenvalue weighted by Crippen LogP contribution is 2.15. The van der Waals surface area contributed by atoms with Gasteiger partial charge in [-0.1, -0.05) is 22.0 Å². The fourth-order valence-corrected chi connectivity index (χ4v) is 1.44. The van der Waals surface area contributed by atoms with Gasteiger partial charge in [-0.05, 0) is 31.5 Å². The van der Waals surface area contributed by atoms with Crippen molar-refractivity contribution in [3.63, 3.8) is 0 Å². The first-order valence-corrected chi connectivity index (χ1v) is 5.23. The van der Waals surface area contributed by atoms with Gasteiger partial charge >= 0.3 is 0 Å². The van der Waals surface area contributed by atoms with Crippen LogP contribution in [0.4, 0.5) is 5.69 Å². The number of hydrogen-bond donors (Lipinski definition) is 2. The second kappa shape index (κ2) is 5.25. The molecule has 0 spiro atoms. The molecule has 0 aliphatic carbocycles. The van der Waals surface area contributed by atoms with E-state index < -0.39 is 0 Å². The molecule has 0 aromatic heterocycles. The molecule has 2 nitrogen and oxygen atoms in total. The highest BCUT2D eigenvalue weighted by atomic mass is 79.9. The van der Waals surface area contributed by atoms with Gasteiger partial charge in [0.2, 0.25) is 0 Å². The third-order valence-corrected chi connectivity index (χ3v) is 2.25. The summed E-state index contributed by atoms with van der Waals surface area (Å²) in [7, 11) is 0. The van der Waals surface area contributed by atoms with E-state index in [9.17, 15) is 0 Å². The normalized spacial score (nSPS) is 12.5. The summed E-state index contributed by atoms with van der Waals surface area (Å²) < 4.78 is 1.10. The fourth-order valence-electron chi connectivity index (χ4n) is 1.04. The summed E-state index contributed by atoms with van der Waals surface area (Å²) in [4.78, 5) is 0. The maximum absolute atomic E-state index is 5.64. The van der Waals surface area contributed by atoms with Crippen LogP contribution in [0.15, 0.2) is 28.7 Å². The first-order chi connectivity index (χ1) is 6.18. The SMILES string of the molecule is CC(N)CCNc1cccc(Br)c1. The molecule has 0 aliphatic heterocycles. The molecule has 13 heavy (non-hydrogen) atoms. The van der Waals surface area contributed by atoms with Gasteiger partial charge in [-0.25, -0.2) is 0 Å². The Bertz CT molecular complexity index is 261. The molecule has 72 valence electrons. The molecular weight excluding hydrogens is 228 g/mol. The van der Waals surface area contributed by atoms with Crippen molar-refractivity contribution in [3.05, 3.63) is 28.7 Å². The van der Waals surface area contributed by atoms with Crippen molar-refractivity contribution in [2.75, 3.05) is 11.9 Å². The van der Waals surface area contributed by atoms with Crippen LogP contribution in [-0.4, -0.2) is 12.6 Å². The van der Waals surface area contributed by atoms with Gasteiger partial charge in [-0.2, -0.15) is 0 Å². The Labute approximate surface area is 87.6 Å². The minimum Gasteiger partial charge on any atom is -0.385 e. The van der Waals surface area contributed by atoms with Crippen LogP contribution in [0.25, 0.3) is 0 Å². The average molecular weight is 243 g/mol. The first kappa shape index (κ1) is 10.5. The van der Waals surface area contributed by atoms with Crippen LogP contribution in [0.2, 0.25) is 0 Å². The number of rotatable bonds is 4. The molecule has 0 heterocycles. The molecule has 1 rings (SSSR count). The predicted molar refractivity (Wildman–Crippen MR) is 60.9 cm³/mol. The summed E-state index contributed by atoms with van der Waals surface area (Å²) in [6.45, 7) is 2.94. The maximum atomic E-state index is 5.64. The van der Waals surface area contributed by atoms with E-state index in [0.717, 1.165) is 23.1 Å². The summed E-state index contributed by atoms with van der Waals surface area (Å²) >= 11 is 3.42. The lowest BCUT2D eigenvalue weighted by Crippen LogP contribution is -2.19. The number of benzene rings is 1. The van der Waals surface area contributed by atoms with Gasteiger partial charge < -0.3 is 11.1 Å². The Kier molecular flexibility index (Phi) is 4.25. The summed E-state index contributed by atoms with van der Waals surface area (Å²) in [6.07, 6.45) is 0.993. The van der Waals surface area contributed by atoms with Gasteiger partial charge in [0.1, 0.15) is 0 Å². The van der Waals surface area contributed by atoms with E-state index in [0.29, 0.717) is 0 Å². The molecule has 0 saturated carbocycles. The van der Waals surface area contributed by atoms with Crippen LogP contribution in [0.1, 0.15) is 13.3 Å². The second-order valence-electron chi connectivity index (χ2n) is 3.20. The minimum atomic E-state index is 0.264. The zero-order valence-electron chi connectivity index (χ0n) is 7.76. The Morgan fingerprint density at radius 3 is 2.92 bits per heavy atom. The van der Waals surface area contributed by atoms with Crippen LogP contribution in [0, 0.1) is 0 Å². The van der Waals surface area contributed by atoms with Crippen LogP contribution in [0.3, 0.4) is 0 Å². The molecule has 3 heteroatoms. The Morgan fingerprint density at radius 1 is 1.54 bits per heavy atom. The Morgan fingerprint density at radius 2 is 2.31 bits per heavy atom. The minimum absolute atomic E-state index is 0.264. The largest absolute Gasteiger partial charge is 0.385 e. The van der Waals surface area contributed by atoms with E-state index in [-0.39, 0.29) is 6.04 Å². The van der Waals surface area contributed by atoms with E-state index in [1.54, 1.807) is 0 Å². The van der Waals surface area contributed by atoms with Crippen molar-refractivity contribution in [1.82, 2.24) is 0 Å². The lowest BCUT2D eigenvalue weighted by atomic mass is 10.2. The lowest BCUT2D eigenvalue weighted by Gasteiger charge is -2.08. The van der Waals surface area contributed by atoms with Crippen LogP contribution in [-0.2, 0) is 0 Å². The number of anilines is 1. The topological polar surface area (TPSA) is 38.0 Å². The third-order valence-electron chi connectivity index (χ3n) is 1.75. The van der Waals surface area contributed by atoms with Gasteiger partial charge in [0.05, 0.1) is 0 Å². The molecule has 3 N–H and O–H groups in total. The summed E-state index contributed by atoms with van der Waals surface area (Å²) in [6, 6.07) is 8.39. The average Bonchev–Trinajstić information content (AvgIpc) is 2.03. The van der Waals surface area contributed by atoms with Gasteiger partial charge in [-0.3, -0.25) is 0 Å². The quantitative estimate of drug-likeness (QED) is 0.852. The molecule has 0 saturated heterocycles. The van der Waals surface area contributed by atoms with Crippen molar-refractivity contribution >= 4 is 21.6 Å². The second-order valence-corrected chi connectivity index (χ2v) is 4.12. The molecular formula is C10H15BrN2. The van der Waals surface area contributed by atoms with Crippen molar-refractivity contribution in [2.45, 2.75) is 19.4 Å². The fraction of sp³-hybridized carbons (Fsp3) is 0.400. The number of halogens is 1. The molecule has 0 amide bonds. The van der Waals surface area contributed by atoms with Crippen molar-refractivity contribution in [2.24, 2.45) is 5.73 Å². The van der Waals surface area contributed by atoms with Crippen molar-refractivity contribution < 1.29 is 0 Å². The number of nitrogens with two attached hydrogens (primary N) is 1. The highest BCUT2D eigenvalue weighted by Gasteiger charge is 1.94. The number of nitrogens with one attached hydrogen (secondary N) is 1. The highest BCUT2D eigenvalue weighted by molar-refractivity contribution is 9.10. The molecule has 0 fully saturated rings. The molecule has 1 atom stereocenters. The van der Waals surface area contributed by atoms with Gasteiger partial charge in [-0.15, -0.1) is 0 Å². The lowest BCUT2D eigenvalue weighted by molar-refractivity contribution is 0.690. The first-order valence-electron chi connectivity index (χ1n) is 4.43. The van der Waals surface area contributed by atoms with E-state index in [2.05, 4.69) is 27.3 Å². The molecule has 1 aromatic rings. The standard InChI is InChI=1S/C10H15BrN2/c1-8(12)5-6-13-10-4-2-3-9(11)7-10/h2-4,7-8,13H,5-6,12H2,1H3. The smallest absolute Gasteiger partial charge is 0.0351 e. The zero-order chi connectivity index (χ0) is 9.68. The van der Waals surface area contributed by atoms with Crippen molar-refractivity contribution in [1.29, 1.82) is 0 Å². The molecule has 0 radical (unpaired) electrons. The van der Waals surface area contributed by atoms with E-state index in [4.69, 9.17) is 5.73 Å². The monoisotopic (exact) mass is 242 g/mol.